The van der Waals surface area contributed by atoms with Crippen molar-refractivity contribution in [2.24, 2.45) is 0 Å². The summed E-state index contributed by atoms with van der Waals surface area (Å²) in [5.41, 5.74) is 0.428. The normalized spacial score (nSPS) is 9.00. The summed E-state index contributed by atoms with van der Waals surface area (Å²) in [6.07, 6.45) is 3.26. The molecule has 1 rings (SSSR count). The van der Waals surface area contributed by atoms with Gasteiger partial charge in [0.1, 0.15) is 5.52 Å². The summed E-state index contributed by atoms with van der Waals surface area (Å²) in [5.74, 6) is 0. The minimum atomic E-state index is 0.398. The van der Waals surface area contributed by atoms with Gasteiger partial charge in [0.15, 0.2) is 0 Å². The standard InChI is InChI=1S/C5H5BrN2O/c6-4-9-5-7-2-1-3-8-5/h1-3H,4H2. The van der Waals surface area contributed by atoms with Gasteiger partial charge in [0, 0.05) is 12.4 Å². The number of nitrogens with zero attached hydrogens (tertiary/aromatic N) is 2. The van der Waals surface area contributed by atoms with Crippen LogP contribution in [-0.4, -0.2) is 15.5 Å². The molecule has 0 amide bonds. The zero-order chi connectivity index (χ0) is 6.53. The Hall–Kier alpha value is -0.640. The molecule has 0 aliphatic rings. The van der Waals surface area contributed by atoms with Crippen molar-refractivity contribution in [3.05, 3.63) is 18.5 Å². The lowest BCUT2D eigenvalue weighted by atomic mass is 10.7. The Morgan fingerprint density at radius 2 is 2.11 bits per heavy atom. The van der Waals surface area contributed by atoms with Crippen molar-refractivity contribution in [1.29, 1.82) is 0 Å². The van der Waals surface area contributed by atoms with Crippen molar-refractivity contribution in [1.82, 2.24) is 9.97 Å². The predicted molar refractivity (Wildman–Crippen MR) is 36.5 cm³/mol. The summed E-state index contributed by atoms with van der Waals surface area (Å²) in [7, 11) is 0. The molecule has 48 valence electrons. The molecule has 0 radical (unpaired) electrons. The van der Waals surface area contributed by atoms with Crippen molar-refractivity contribution in [3.63, 3.8) is 0 Å². The van der Waals surface area contributed by atoms with Crippen LogP contribution in [0.2, 0.25) is 0 Å². The second-order valence-corrected chi connectivity index (χ2v) is 1.74. The monoisotopic (exact) mass is 188 g/mol. The van der Waals surface area contributed by atoms with E-state index in [9.17, 15) is 0 Å². The average Bonchev–Trinajstić information content (AvgIpc) is 1.91. The number of ether oxygens (including phenoxy) is 1. The van der Waals surface area contributed by atoms with Gasteiger partial charge in [-0.05, 0) is 22.0 Å². The number of aromatic nitrogens is 2. The summed E-state index contributed by atoms with van der Waals surface area (Å²) < 4.78 is 4.90. The largest absolute Gasteiger partial charge is 0.452 e. The molecule has 0 bridgehead atoms. The predicted octanol–water partition coefficient (Wildman–Crippen LogP) is 1.21. The van der Waals surface area contributed by atoms with E-state index in [0.717, 1.165) is 0 Å². The van der Waals surface area contributed by atoms with Gasteiger partial charge in [-0.2, -0.15) is 0 Å². The van der Waals surface area contributed by atoms with Crippen LogP contribution in [0, 0.1) is 0 Å². The highest BCUT2D eigenvalue weighted by molar-refractivity contribution is 9.09. The fraction of sp³-hybridized carbons (Fsp3) is 0.200. The maximum atomic E-state index is 4.90. The molecule has 3 nitrogen and oxygen atoms in total. The van der Waals surface area contributed by atoms with Crippen molar-refractivity contribution in [2.45, 2.75) is 0 Å². The third-order valence-electron chi connectivity index (χ3n) is 0.726. The lowest BCUT2D eigenvalue weighted by molar-refractivity contribution is 0.364. The van der Waals surface area contributed by atoms with Gasteiger partial charge >= 0.3 is 6.01 Å². The molecule has 0 N–H and O–H groups in total. The molecule has 1 aromatic heterocycles. The van der Waals surface area contributed by atoms with E-state index in [1.165, 1.54) is 0 Å². The van der Waals surface area contributed by atoms with Gasteiger partial charge in [-0.15, -0.1) is 0 Å². The molecule has 0 fully saturated rings. The van der Waals surface area contributed by atoms with Crippen molar-refractivity contribution in [2.75, 3.05) is 5.52 Å². The Bertz CT molecular complexity index is 168. The first kappa shape index (κ1) is 6.48. The highest BCUT2D eigenvalue weighted by atomic mass is 79.9. The molecule has 0 saturated heterocycles. The van der Waals surface area contributed by atoms with Crippen LogP contribution in [0.25, 0.3) is 0 Å². The Kier molecular flexibility index (Phi) is 2.45. The van der Waals surface area contributed by atoms with Gasteiger partial charge in [0.25, 0.3) is 0 Å². The Morgan fingerprint density at radius 3 is 2.67 bits per heavy atom. The van der Waals surface area contributed by atoms with Gasteiger partial charge in [-0.1, -0.05) is 0 Å². The highest BCUT2D eigenvalue weighted by Crippen LogP contribution is 1.97. The Morgan fingerprint density at radius 1 is 1.44 bits per heavy atom. The zero-order valence-corrected chi connectivity index (χ0v) is 6.21. The van der Waals surface area contributed by atoms with E-state index in [1.807, 2.05) is 0 Å². The van der Waals surface area contributed by atoms with Crippen molar-refractivity contribution in [3.8, 4) is 6.01 Å². The summed E-state index contributed by atoms with van der Waals surface area (Å²) in [5, 5.41) is 0. The minimum Gasteiger partial charge on any atom is -0.452 e. The van der Waals surface area contributed by atoms with Gasteiger partial charge in [0.2, 0.25) is 0 Å². The third kappa shape index (κ3) is 1.97. The molecule has 0 aliphatic heterocycles. The SMILES string of the molecule is BrCOc1ncccn1. The zero-order valence-electron chi connectivity index (χ0n) is 4.62. The number of rotatable bonds is 2. The van der Waals surface area contributed by atoms with Crippen molar-refractivity contribution >= 4 is 15.9 Å². The molecule has 1 aromatic rings. The lowest BCUT2D eigenvalue weighted by Gasteiger charge is -1.94. The van der Waals surface area contributed by atoms with E-state index < -0.39 is 0 Å². The van der Waals surface area contributed by atoms with Crippen LogP contribution in [0.4, 0.5) is 0 Å². The Balaban J connectivity index is 2.61. The fourth-order valence-electron chi connectivity index (χ4n) is 0.409. The number of halogens is 1. The summed E-state index contributed by atoms with van der Waals surface area (Å²) in [6.45, 7) is 0. The molecular formula is C5H5BrN2O. The van der Waals surface area contributed by atoms with Crippen LogP contribution in [0.5, 0.6) is 6.01 Å². The highest BCUT2D eigenvalue weighted by Gasteiger charge is 1.88. The van der Waals surface area contributed by atoms with E-state index in [1.54, 1.807) is 18.5 Å². The van der Waals surface area contributed by atoms with Gasteiger partial charge in [0.05, 0.1) is 0 Å². The lowest BCUT2D eigenvalue weighted by Crippen LogP contribution is -1.92. The van der Waals surface area contributed by atoms with Gasteiger partial charge < -0.3 is 4.74 Å². The van der Waals surface area contributed by atoms with Crippen LogP contribution in [0.3, 0.4) is 0 Å². The van der Waals surface area contributed by atoms with E-state index >= 15 is 0 Å². The maximum Gasteiger partial charge on any atom is 0.317 e. The topological polar surface area (TPSA) is 35.0 Å². The minimum absolute atomic E-state index is 0.398. The maximum absolute atomic E-state index is 4.90. The fourth-order valence-corrected chi connectivity index (χ4v) is 0.613. The first-order valence-electron chi connectivity index (χ1n) is 2.39. The van der Waals surface area contributed by atoms with E-state index in [4.69, 9.17) is 4.74 Å². The van der Waals surface area contributed by atoms with Gasteiger partial charge in [-0.25, -0.2) is 9.97 Å². The van der Waals surface area contributed by atoms with E-state index in [2.05, 4.69) is 25.9 Å². The van der Waals surface area contributed by atoms with E-state index in [0.29, 0.717) is 11.5 Å². The second kappa shape index (κ2) is 3.40. The molecular weight excluding hydrogens is 184 g/mol. The second-order valence-electron chi connectivity index (χ2n) is 1.28. The van der Waals surface area contributed by atoms with Crippen LogP contribution in [-0.2, 0) is 0 Å². The smallest absolute Gasteiger partial charge is 0.317 e. The summed E-state index contributed by atoms with van der Waals surface area (Å²) in [4.78, 5) is 7.61. The summed E-state index contributed by atoms with van der Waals surface area (Å²) in [6, 6.07) is 2.13. The van der Waals surface area contributed by atoms with Gasteiger partial charge in [-0.3, -0.25) is 0 Å². The van der Waals surface area contributed by atoms with E-state index in [-0.39, 0.29) is 0 Å². The molecule has 0 unspecified atom stereocenters. The molecule has 0 spiro atoms. The van der Waals surface area contributed by atoms with Crippen LogP contribution < -0.4 is 4.74 Å². The molecule has 4 heteroatoms. The molecule has 0 saturated carbocycles. The quantitative estimate of drug-likeness (QED) is 0.655. The Labute approximate surface area is 61.2 Å². The molecule has 9 heavy (non-hydrogen) atoms. The van der Waals surface area contributed by atoms with Crippen LogP contribution in [0.15, 0.2) is 18.5 Å². The number of hydrogen-bond acceptors (Lipinski definition) is 3. The first-order chi connectivity index (χ1) is 4.43. The average molecular weight is 189 g/mol. The first-order valence-corrected chi connectivity index (χ1v) is 3.51. The van der Waals surface area contributed by atoms with Crippen molar-refractivity contribution < 1.29 is 4.74 Å². The number of alkyl halides is 1. The summed E-state index contributed by atoms with van der Waals surface area (Å²) >= 11 is 3.08. The molecule has 0 aromatic carbocycles. The molecule has 1 heterocycles. The third-order valence-corrected chi connectivity index (χ3v) is 0.955. The van der Waals surface area contributed by atoms with Crippen LogP contribution >= 0.6 is 15.9 Å². The number of hydrogen-bond donors (Lipinski definition) is 0. The molecule has 0 atom stereocenters. The van der Waals surface area contributed by atoms with Crippen LogP contribution in [0.1, 0.15) is 0 Å². The molecule has 0 aliphatic carbocycles.